The molecular weight excluding hydrogens is 1400 g/mol. The first kappa shape index (κ1) is 85.1. The van der Waals surface area contributed by atoms with Crippen LogP contribution in [0.2, 0.25) is 0 Å². The minimum atomic E-state index is 0.994. The Balaban J connectivity index is 0.841. The van der Waals surface area contributed by atoms with Gasteiger partial charge < -0.3 is 18.3 Å². The Morgan fingerprint density at radius 1 is 0.147 bits per heavy atom. The molecule has 116 heavy (non-hydrogen) atoms. The Kier molecular flexibility index (Phi) is 34.0. The van der Waals surface area contributed by atoms with Crippen LogP contribution >= 0.6 is 0 Å². The van der Waals surface area contributed by atoms with Gasteiger partial charge in [-0.25, -0.2) is 0 Å². The van der Waals surface area contributed by atoms with Crippen molar-refractivity contribution >= 4 is 87.2 Å². The van der Waals surface area contributed by atoms with Crippen LogP contribution in [0, 0.1) is 47.4 Å². The standard InChI is InChI=1S/C112H140N4/c1-5-9-13-17-21-25-29-33-37-41-45-49-77-113-105-69-61-89-53-55-91-63-71-107-99(83-91)101-85-93(65-73-109(101)114(107)78-50-46-42-38-34-30-26-22-18-14-10-6-2)57-59-95-67-75-111-103(87-95)104-88-96(68-76-112(104)116(111)80-52-48-44-40-36-32-28-24-20-16-12-8-4)60-58-94-66-74-110-102(86-94)100-84-92(56-54-90-62-70-106(113)98(82-90)97(105)81-89)64-72-108(100)115(110)79-51-47-43-39-35-31-27-23-19-15-11-7-3/h61-76,81-88H,5-52,77-80H2,1-4H3. The van der Waals surface area contributed by atoms with Gasteiger partial charge in [-0.15, -0.1) is 0 Å². The van der Waals surface area contributed by atoms with Crippen molar-refractivity contribution in [2.24, 2.45) is 0 Å². The van der Waals surface area contributed by atoms with Crippen molar-refractivity contribution in [2.45, 2.75) is 362 Å². The van der Waals surface area contributed by atoms with Crippen LogP contribution in [0.3, 0.4) is 0 Å². The second-order valence-corrected chi connectivity index (χ2v) is 35.0. The second kappa shape index (κ2) is 46.4. The van der Waals surface area contributed by atoms with Gasteiger partial charge in [-0.1, -0.05) is 358 Å². The summed E-state index contributed by atoms with van der Waals surface area (Å²) >= 11 is 0. The molecule has 4 nitrogen and oxygen atoms in total. The zero-order valence-electron chi connectivity index (χ0n) is 72.4. The molecule has 0 aliphatic heterocycles. The van der Waals surface area contributed by atoms with Gasteiger partial charge in [-0.2, -0.15) is 0 Å². The summed E-state index contributed by atoms with van der Waals surface area (Å²) in [6, 6.07) is 55.8. The van der Waals surface area contributed by atoms with Crippen LogP contribution in [0.15, 0.2) is 146 Å². The lowest BCUT2D eigenvalue weighted by Gasteiger charge is -2.08. The maximum atomic E-state index is 3.73. The number of rotatable bonds is 52. The highest BCUT2D eigenvalue weighted by Gasteiger charge is 2.18. The van der Waals surface area contributed by atoms with Gasteiger partial charge >= 0.3 is 0 Å². The number of aryl methyl sites for hydroxylation is 4. The van der Waals surface area contributed by atoms with Crippen LogP contribution in [-0.2, 0) is 26.2 Å². The Hall–Kier alpha value is -8.80. The van der Waals surface area contributed by atoms with Crippen LogP contribution in [-0.4, -0.2) is 18.3 Å². The summed E-state index contributed by atoms with van der Waals surface area (Å²) < 4.78 is 10.4. The molecule has 4 heterocycles. The quantitative estimate of drug-likeness (QED) is 0.0267. The van der Waals surface area contributed by atoms with Crippen molar-refractivity contribution in [2.75, 3.05) is 0 Å². The maximum absolute atomic E-state index is 3.73. The van der Waals surface area contributed by atoms with Gasteiger partial charge in [0, 0.05) is 158 Å². The van der Waals surface area contributed by atoms with Gasteiger partial charge in [0.2, 0.25) is 0 Å². The molecule has 4 aromatic heterocycles. The number of unbranched alkanes of at least 4 members (excludes halogenated alkanes) is 44. The molecular formula is C112H140N4. The summed E-state index contributed by atoms with van der Waals surface area (Å²) in [4.78, 5) is 0. The SMILES string of the molecule is CCCCCCCCCCCCCCn1c2ccc3cc2c2cc(ccc21)C#Cc1ccc2c(c1)c1cc(ccc1n2CCCCCCCCCCCCCC)C#Cc1ccc2c(c1)c1cc(ccc1n2CCCCCCCCCCCCCC)C#Cc1ccc2c(c1)c1cc(ccc1n2CCCCCCCCCCCCCC)C#C3. The number of fused-ring (bicyclic) bond motifs is 8. The van der Waals surface area contributed by atoms with Crippen molar-refractivity contribution in [3.05, 3.63) is 190 Å². The molecule has 0 unspecified atom stereocenters. The van der Waals surface area contributed by atoms with Crippen LogP contribution in [0.4, 0.5) is 0 Å². The van der Waals surface area contributed by atoms with Gasteiger partial charge in [-0.05, 0) is 171 Å². The van der Waals surface area contributed by atoms with E-state index in [4.69, 9.17) is 0 Å². The molecule has 0 fully saturated rings. The summed E-state index contributed by atoms with van der Waals surface area (Å²) in [6.45, 7) is 13.2. The predicted molar refractivity (Wildman–Crippen MR) is 506 cm³/mol. The lowest BCUT2D eigenvalue weighted by Crippen LogP contribution is -1.98. The fourth-order valence-corrected chi connectivity index (χ4v) is 19.0. The van der Waals surface area contributed by atoms with Crippen molar-refractivity contribution in [3.8, 4) is 47.4 Å². The lowest BCUT2D eigenvalue weighted by molar-refractivity contribution is 0.533. The zero-order chi connectivity index (χ0) is 79.6. The summed E-state index contributed by atoms with van der Waals surface area (Å²) in [5.41, 5.74) is 18.4. The fourth-order valence-electron chi connectivity index (χ4n) is 19.0. The highest BCUT2D eigenvalue weighted by atomic mass is 15.0. The van der Waals surface area contributed by atoms with E-state index in [1.54, 1.807) is 0 Å². The minimum Gasteiger partial charge on any atom is -0.340 e. The molecule has 13 rings (SSSR count). The molecule has 0 saturated carbocycles. The highest BCUT2D eigenvalue weighted by Crippen LogP contribution is 2.37. The van der Waals surface area contributed by atoms with Crippen LogP contribution in [0.1, 0.15) is 380 Å². The Bertz CT molecular complexity index is 4460. The van der Waals surface area contributed by atoms with Crippen molar-refractivity contribution < 1.29 is 0 Å². The minimum absolute atomic E-state index is 0.994. The average Bonchev–Trinajstić information content (AvgIpc) is 1.62. The van der Waals surface area contributed by atoms with Crippen LogP contribution in [0.5, 0.6) is 0 Å². The summed E-state index contributed by atoms with van der Waals surface area (Å²) in [6.07, 6.45) is 64.4. The van der Waals surface area contributed by atoms with Gasteiger partial charge in [0.15, 0.2) is 0 Å². The fraction of sp³-hybridized carbons (Fsp3) is 0.500. The first-order valence-electron chi connectivity index (χ1n) is 47.8. The summed E-state index contributed by atoms with van der Waals surface area (Å²) in [7, 11) is 0. The van der Waals surface area contributed by atoms with Crippen molar-refractivity contribution in [1.82, 2.24) is 18.3 Å². The third kappa shape index (κ3) is 23.8. The molecule has 0 radical (unpaired) electrons. The molecule has 0 spiro atoms. The summed E-state index contributed by atoms with van der Waals surface area (Å²) in [5, 5.41) is 9.97. The third-order valence-corrected chi connectivity index (χ3v) is 25.8. The van der Waals surface area contributed by atoms with E-state index in [0.29, 0.717) is 0 Å². The van der Waals surface area contributed by atoms with E-state index in [-0.39, 0.29) is 0 Å². The van der Waals surface area contributed by atoms with E-state index >= 15 is 0 Å². The molecule has 12 aromatic rings. The second-order valence-electron chi connectivity index (χ2n) is 35.0. The normalized spacial score (nSPS) is 12.0. The molecule has 16 bridgehead atoms. The van der Waals surface area contributed by atoms with E-state index in [2.05, 4.69) is 239 Å². The van der Waals surface area contributed by atoms with Crippen molar-refractivity contribution in [1.29, 1.82) is 0 Å². The Labute approximate surface area is 700 Å². The molecule has 4 heteroatoms. The van der Waals surface area contributed by atoms with E-state index in [1.165, 1.54) is 395 Å². The highest BCUT2D eigenvalue weighted by molar-refractivity contribution is 6.12. The van der Waals surface area contributed by atoms with E-state index in [0.717, 1.165) is 70.7 Å². The van der Waals surface area contributed by atoms with E-state index in [9.17, 15) is 0 Å². The van der Waals surface area contributed by atoms with Crippen LogP contribution in [0.25, 0.3) is 87.2 Å². The lowest BCUT2D eigenvalue weighted by atomic mass is 10.0. The first-order chi connectivity index (χ1) is 57.5. The molecule has 0 N–H and O–H groups in total. The van der Waals surface area contributed by atoms with Gasteiger partial charge in [0.1, 0.15) is 0 Å². The monoisotopic (exact) mass is 1540 g/mol. The average molecular weight is 1540 g/mol. The zero-order valence-corrected chi connectivity index (χ0v) is 72.4. The smallest absolute Gasteiger partial charge is 0.0492 e. The maximum Gasteiger partial charge on any atom is 0.0492 e. The molecule has 8 aromatic carbocycles. The Morgan fingerprint density at radius 3 is 0.379 bits per heavy atom. The first-order valence-corrected chi connectivity index (χ1v) is 47.8. The number of nitrogens with zero attached hydrogens (tertiary/aromatic N) is 4. The van der Waals surface area contributed by atoms with E-state index in [1.807, 2.05) is 0 Å². The largest absolute Gasteiger partial charge is 0.340 e. The third-order valence-electron chi connectivity index (χ3n) is 25.8. The van der Waals surface area contributed by atoms with Crippen molar-refractivity contribution in [3.63, 3.8) is 0 Å². The molecule has 1 aliphatic rings. The number of benzene rings is 8. The van der Waals surface area contributed by atoms with Gasteiger partial charge in [-0.3, -0.25) is 0 Å². The Morgan fingerprint density at radius 2 is 0.259 bits per heavy atom. The van der Waals surface area contributed by atoms with Gasteiger partial charge in [0.05, 0.1) is 0 Å². The molecule has 0 atom stereocenters. The number of hydrogen-bond acceptors (Lipinski definition) is 0. The van der Waals surface area contributed by atoms with Crippen LogP contribution < -0.4 is 0 Å². The molecule has 608 valence electrons. The molecule has 1 aliphatic carbocycles. The van der Waals surface area contributed by atoms with Gasteiger partial charge in [0.25, 0.3) is 0 Å². The number of hydrogen-bond donors (Lipinski definition) is 0. The topological polar surface area (TPSA) is 19.7 Å². The molecule has 0 saturated heterocycles. The summed E-state index contributed by atoms with van der Waals surface area (Å²) in [5.74, 6) is 29.8. The van der Waals surface area contributed by atoms with E-state index < -0.39 is 0 Å². The molecule has 0 amide bonds. The number of aromatic nitrogens is 4. The predicted octanol–water partition coefficient (Wildman–Crippen LogP) is 32.8.